The van der Waals surface area contributed by atoms with Crippen LogP contribution in [0, 0.1) is 5.82 Å². The molecule has 7 heteroatoms. The molecule has 2 rings (SSSR count). The van der Waals surface area contributed by atoms with Gasteiger partial charge in [-0.3, -0.25) is 4.79 Å². The molecule has 0 fully saturated rings. The lowest BCUT2D eigenvalue weighted by Gasteiger charge is -2.24. The maximum absolute atomic E-state index is 13.9. The maximum atomic E-state index is 13.9. The first-order valence-electron chi connectivity index (χ1n) is 7.42. The van der Waals surface area contributed by atoms with Crippen LogP contribution < -0.4 is 5.32 Å². The Kier molecular flexibility index (Phi) is 5.41. The van der Waals surface area contributed by atoms with Crippen molar-refractivity contribution in [1.29, 1.82) is 0 Å². The first-order chi connectivity index (χ1) is 10.8. The zero-order valence-electron chi connectivity index (χ0n) is 13.8. The second-order valence-electron chi connectivity index (χ2n) is 5.92. The Labute approximate surface area is 139 Å². The van der Waals surface area contributed by atoms with Crippen molar-refractivity contribution in [2.24, 2.45) is 7.05 Å². The summed E-state index contributed by atoms with van der Waals surface area (Å²) in [7, 11) is 1.76. The molecule has 0 aliphatic rings. The molecule has 0 unspecified atom stereocenters. The van der Waals surface area contributed by atoms with Crippen molar-refractivity contribution in [3.8, 4) is 11.4 Å². The van der Waals surface area contributed by atoms with E-state index in [1.54, 1.807) is 29.8 Å². The molecule has 1 heterocycles. The lowest BCUT2D eigenvalue weighted by molar-refractivity contribution is -0.120. The van der Waals surface area contributed by atoms with Crippen LogP contribution in [0.2, 0.25) is 0 Å². The van der Waals surface area contributed by atoms with Gasteiger partial charge in [-0.2, -0.15) is 0 Å². The van der Waals surface area contributed by atoms with Crippen molar-refractivity contribution in [3.63, 3.8) is 0 Å². The number of nitrogens with zero attached hydrogens (tertiary/aromatic N) is 3. The number of thioether (sulfide) groups is 1. The lowest BCUT2D eigenvalue weighted by atomic mass is 10.0. The minimum Gasteiger partial charge on any atom is -0.351 e. The smallest absolute Gasteiger partial charge is 0.230 e. The summed E-state index contributed by atoms with van der Waals surface area (Å²) in [5.74, 6) is 0.284. The Bertz CT molecular complexity index is 699. The largest absolute Gasteiger partial charge is 0.351 e. The second-order valence-corrected chi connectivity index (χ2v) is 6.86. The standard InChI is InChI=1S/C16H21FN4OS/c1-5-16(2,3)18-13(22)10-23-15-20-19-14(21(15)4)11-8-6-7-9-12(11)17/h6-9H,5,10H2,1-4H3,(H,18,22). The SMILES string of the molecule is CCC(C)(C)NC(=O)CSc1nnc(-c2ccccc2F)n1C. The molecule has 1 aromatic heterocycles. The average molecular weight is 336 g/mol. The van der Waals surface area contributed by atoms with Crippen molar-refractivity contribution in [3.05, 3.63) is 30.1 Å². The molecule has 0 radical (unpaired) electrons. The number of halogens is 1. The Hall–Kier alpha value is -1.89. The van der Waals surface area contributed by atoms with Crippen molar-refractivity contribution in [2.45, 2.75) is 37.9 Å². The molecule has 1 amide bonds. The van der Waals surface area contributed by atoms with E-state index in [1.165, 1.54) is 17.8 Å². The Morgan fingerprint density at radius 2 is 2.04 bits per heavy atom. The average Bonchev–Trinajstić information content (AvgIpc) is 2.86. The minimum atomic E-state index is -0.345. The molecule has 1 N–H and O–H groups in total. The van der Waals surface area contributed by atoms with Crippen molar-refractivity contribution >= 4 is 17.7 Å². The van der Waals surface area contributed by atoms with Crippen molar-refractivity contribution in [2.75, 3.05) is 5.75 Å². The maximum Gasteiger partial charge on any atom is 0.230 e. The molecule has 0 aliphatic carbocycles. The van der Waals surface area contributed by atoms with Gasteiger partial charge in [-0.05, 0) is 32.4 Å². The number of carbonyl (C=O) groups is 1. The number of carbonyl (C=O) groups excluding carboxylic acids is 1. The van der Waals surface area contributed by atoms with E-state index in [1.807, 2.05) is 20.8 Å². The molecule has 0 saturated carbocycles. The third-order valence-corrected chi connectivity index (χ3v) is 4.66. The Morgan fingerprint density at radius 3 is 2.70 bits per heavy atom. The molecule has 124 valence electrons. The van der Waals surface area contributed by atoms with Gasteiger partial charge in [-0.15, -0.1) is 10.2 Å². The highest BCUT2D eigenvalue weighted by atomic mass is 32.2. The number of hydrogen-bond donors (Lipinski definition) is 1. The Morgan fingerprint density at radius 1 is 1.35 bits per heavy atom. The van der Waals surface area contributed by atoms with Crippen LogP contribution in [-0.4, -0.2) is 32.0 Å². The first kappa shape index (κ1) is 17.5. The summed E-state index contributed by atoms with van der Waals surface area (Å²) >= 11 is 1.28. The summed E-state index contributed by atoms with van der Waals surface area (Å²) in [5.41, 5.74) is 0.168. The van der Waals surface area contributed by atoms with Crippen molar-refractivity contribution in [1.82, 2.24) is 20.1 Å². The molecule has 5 nitrogen and oxygen atoms in total. The van der Waals surface area contributed by atoms with E-state index >= 15 is 0 Å². The molecule has 0 saturated heterocycles. The van der Waals surface area contributed by atoms with Gasteiger partial charge in [-0.1, -0.05) is 30.8 Å². The third kappa shape index (κ3) is 4.31. The van der Waals surface area contributed by atoms with Crippen LogP contribution in [0.4, 0.5) is 4.39 Å². The fraction of sp³-hybridized carbons (Fsp3) is 0.438. The quantitative estimate of drug-likeness (QED) is 0.824. The minimum absolute atomic E-state index is 0.0581. The fourth-order valence-corrected chi connectivity index (χ4v) is 2.66. The number of rotatable bonds is 6. The zero-order chi connectivity index (χ0) is 17.0. The highest BCUT2D eigenvalue weighted by Gasteiger charge is 2.19. The van der Waals surface area contributed by atoms with Crippen molar-refractivity contribution < 1.29 is 9.18 Å². The van der Waals surface area contributed by atoms with Crippen LogP contribution in [0.1, 0.15) is 27.2 Å². The number of benzene rings is 1. The van der Waals surface area contributed by atoms with Crippen LogP contribution in [0.25, 0.3) is 11.4 Å². The van der Waals surface area contributed by atoms with Crippen LogP contribution in [0.15, 0.2) is 29.4 Å². The summed E-state index contributed by atoms with van der Waals surface area (Å²) in [6, 6.07) is 6.42. The highest BCUT2D eigenvalue weighted by Crippen LogP contribution is 2.24. The molecule has 23 heavy (non-hydrogen) atoms. The van der Waals surface area contributed by atoms with Crippen LogP contribution in [0.3, 0.4) is 0 Å². The van der Waals surface area contributed by atoms with Gasteiger partial charge in [0.2, 0.25) is 5.91 Å². The van der Waals surface area contributed by atoms with Crippen LogP contribution in [-0.2, 0) is 11.8 Å². The number of hydrogen-bond acceptors (Lipinski definition) is 4. The van der Waals surface area contributed by atoms with E-state index in [0.717, 1.165) is 6.42 Å². The van der Waals surface area contributed by atoms with Gasteiger partial charge in [0, 0.05) is 12.6 Å². The van der Waals surface area contributed by atoms with Gasteiger partial charge in [-0.25, -0.2) is 4.39 Å². The van der Waals surface area contributed by atoms with Crippen LogP contribution >= 0.6 is 11.8 Å². The van der Waals surface area contributed by atoms with Gasteiger partial charge in [0.15, 0.2) is 11.0 Å². The zero-order valence-corrected chi connectivity index (χ0v) is 14.6. The molecule has 2 aromatic rings. The summed E-state index contributed by atoms with van der Waals surface area (Å²) in [5, 5.41) is 11.6. The van der Waals surface area contributed by atoms with E-state index in [2.05, 4.69) is 15.5 Å². The van der Waals surface area contributed by atoms with E-state index in [4.69, 9.17) is 0 Å². The summed E-state index contributed by atoms with van der Waals surface area (Å²) in [4.78, 5) is 12.0. The molecular formula is C16H21FN4OS. The summed E-state index contributed by atoms with van der Waals surface area (Å²) in [6.07, 6.45) is 0.852. The Balaban J connectivity index is 2.06. The monoisotopic (exact) mass is 336 g/mol. The summed E-state index contributed by atoms with van der Waals surface area (Å²) in [6.45, 7) is 5.99. The molecule has 1 aromatic carbocycles. The van der Waals surface area contributed by atoms with E-state index in [0.29, 0.717) is 16.5 Å². The van der Waals surface area contributed by atoms with E-state index in [9.17, 15) is 9.18 Å². The molecule has 0 spiro atoms. The molecule has 0 aliphatic heterocycles. The molecular weight excluding hydrogens is 315 g/mol. The highest BCUT2D eigenvalue weighted by molar-refractivity contribution is 7.99. The van der Waals surface area contributed by atoms with Gasteiger partial charge in [0.25, 0.3) is 0 Å². The number of amides is 1. The number of nitrogens with one attached hydrogen (secondary N) is 1. The summed E-state index contributed by atoms with van der Waals surface area (Å²) < 4.78 is 15.5. The molecule has 0 bridgehead atoms. The van der Waals surface area contributed by atoms with Crippen LogP contribution in [0.5, 0.6) is 0 Å². The van der Waals surface area contributed by atoms with E-state index in [-0.39, 0.29) is 23.0 Å². The van der Waals surface area contributed by atoms with E-state index < -0.39 is 0 Å². The predicted molar refractivity (Wildman–Crippen MR) is 89.6 cm³/mol. The van der Waals surface area contributed by atoms with Gasteiger partial charge < -0.3 is 9.88 Å². The normalized spacial score (nSPS) is 11.5. The fourth-order valence-electron chi connectivity index (χ4n) is 1.95. The second kappa shape index (κ2) is 7.12. The van der Waals surface area contributed by atoms with Gasteiger partial charge >= 0.3 is 0 Å². The third-order valence-electron chi connectivity index (χ3n) is 3.64. The van der Waals surface area contributed by atoms with Gasteiger partial charge in [0.05, 0.1) is 11.3 Å². The predicted octanol–water partition coefficient (Wildman–Crippen LogP) is 3.02. The number of aromatic nitrogens is 3. The lowest BCUT2D eigenvalue weighted by Crippen LogP contribution is -2.43. The van der Waals surface area contributed by atoms with Gasteiger partial charge in [0.1, 0.15) is 5.82 Å². The first-order valence-corrected chi connectivity index (χ1v) is 8.40. The molecule has 0 atom stereocenters. The topological polar surface area (TPSA) is 59.8 Å².